The summed E-state index contributed by atoms with van der Waals surface area (Å²) in [7, 11) is 0. The number of anilines is 1. The minimum atomic E-state index is 0.0464. The number of amides is 1. The number of thiol groups is 1. The van der Waals surface area contributed by atoms with Crippen molar-refractivity contribution in [2.24, 2.45) is 0 Å². The molecule has 1 aromatic carbocycles. The minimum Gasteiger partial charge on any atom is -0.312 e. The van der Waals surface area contributed by atoms with E-state index in [-0.39, 0.29) is 11.7 Å². The van der Waals surface area contributed by atoms with E-state index in [9.17, 15) is 4.79 Å². The molecule has 1 amide bonds. The van der Waals surface area contributed by atoms with E-state index in [1.165, 1.54) is 0 Å². The van der Waals surface area contributed by atoms with E-state index in [1.54, 1.807) is 4.90 Å². The van der Waals surface area contributed by atoms with Gasteiger partial charge in [-0.2, -0.15) is 12.6 Å². The van der Waals surface area contributed by atoms with Gasteiger partial charge in [0.2, 0.25) is 5.91 Å². The Morgan fingerprint density at radius 2 is 2.07 bits per heavy atom. The number of rotatable bonds is 3. The molecule has 0 saturated carbocycles. The van der Waals surface area contributed by atoms with Gasteiger partial charge in [0.15, 0.2) is 0 Å². The summed E-state index contributed by atoms with van der Waals surface area (Å²) in [6.07, 6.45) is 0. The normalized spacial score (nSPS) is 9.93. The van der Waals surface area contributed by atoms with Crippen molar-refractivity contribution in [3.8, 4) is 0 Å². The number of carbonyl (C=O) groups is 1. The molecule has 0 atom stereocenters. The fraction of sp³-hybridized carbons (Fsp3) is 0.364. The van der Waals surface area contributed by atoms with Crippen LogP contribution in [0.15, 0.2) is 24.3 Å². The van der Waals surface area contributed by atoms with Crippen LogP contribution in [0.5, 0.6) is 0 Å². The highest BCUT2D eigenvalue weighted by atomic mass is 32.1. The Bertz CT molecular complexity index is 325. The van der Waals surface area contributed by atoms with Crippen molar-refractivity contribution in [3.63, 3.8) is 0 Å². The first-order valence-electron chi connectivity index (χ1n) is 4.67. The lowest BCUT2D eigenvalue weighted by Crippen LogP contribution is -2.32. The molecule has 0 N–H and O–H groups in total. The molecule has 0 unspecified atom stereocenters. The summed E-state index contributed by atoms with van der Waals surface area (Å²) < 4.78 is 0. The molecule has 0 aliphatic heterocycles. The van der Waals surface area contributed by atoms with Crippen molar-refractivity contribution in [3.05, 3.63) is 29.8 Å². The molecule has 0 saturated heterocycles. The third-order valence-electron chi connectivity index (χ3n) is 2.16. The number of benzene rings is 1. The number of aryl methyl sites for hydroxylation is 1. The standard InChI is InChI=1S/C11H15NOS/c1-3-12(11(13)8-14)10-7-5-4-6-9(10)2/h4-7,14H,3,8H2,1-2H3. The summed E-state index contributed by atoms with van der Waals surface area (Å²) in [5.41, 5.74) is 2.10. The van der Waals surface area contributed by atoms with E-state index >= 15 is 0 Å². The summed E-state index contributed by atoms with van der Waals surface area (Å²) in [6.45, 7) is 4.65. The molecule has 1 rings (SSSR count). The van der Waals surface area contributed by atoms with E-state index < -0.39 is 0 Å². The van der Waals surface area contributed by atoms with Crippen LogP contribution in [0.4, 0.5) is 5.69 Å². The zero-order chi connectivity index (χ0) is 10.6. The smallest absolute Gasteiger partial charge is 0.236 e. The average molecular weight is 209 g/mol. The van der Waals surface area contributed by atoms with Gasteiger partial charge in [0, 0.05) is 12.2 Å². The van der Waals surface area contributed by atoms with Crippen molar-refractivity contribution >= 4 is 24.2 Å². The predicted octanol–water partition coefficient (Wildman–Crippen LogP) is 2.28. The molecule has 0 spiro atoms. The maximum absolute atomic E-state index is 11.5. The number of hydrogen-bond acceptors (Lipinski definition) is 2. The highest BCUT2D eigenvalue weighted by Crippen LogP contribution is 2.19. The van der Waals surface area contributed by atoms with Gasteiger partial charge in [-0.15, -0.1) is 0 Å². The average Bonchev–Trinajstić information content (AvgIpc) is 2.21. The summed E-state index contributed by atoms with van der Waals surface area (Å²) in [5, 5.41) is 0. The molecule has 1 aromatic rings. The molecular formula is C11H15NOS. The van der Waals surface area contributed by atoms with Gasteiger partial charge in [0.25, 0.3) is 0 Å². The summed E-state index contributed by atoms with van der Waals surface area (Å²) in [6, 6.07) is 7.87. The summed E-state index contributed by atoms with van der Waals surface area (Å²) >= 11 is 4.00. The maximum atomic E-state index is 11.5. The van der Waals surface area contributed by atoms with E-state index in [4.69, 9.17) is 0 Å². The van der Waals surface area contributed by atoms with E-state index in [2.05, 4.69) is 12.6 Å². The lowest BCUT2D eigenvalue weighted by atomic mass is 10.2. The maximum Gasteiger partial charge on any atom is 0.236 e. The zero-order valence-electron chi connectivity index (χ0n) is 8.53. The Morgan fingerprint density at radius 1 is 1.43 bits per heavy atom. The van der Waals surface area contributed by atoms with Crippen molar-refractivity contribution < 1.29 is 4.79 Å². The molecule has 0 heterocycles. The SMILES string of the molecule is CCN(C(=O)CS)c1ccccc1C. The predicted molar refractivity (Wildman–Crippen MR) is 63.1 cm³/mol. The summed E-state index contributed by atoms with van der Waals surface area (Å²) in [4.78, 5) is 13.3. The van der Waals surface area contributed by atoms with Crippen molar-refractivity contribution in [1.82, 2.24) is 0 Å². The lowest BCUT2D eigenvalue weighted by Gasteiger charge is -2.21. The first kappa shape index (κ1) is 11.1. The Hall–Kier alpha value is -0.960. The van der Waals surface area contributed by atoms with Crippen LogP contribution < -0.4 is 4.90 Å². The molecule has 2 nitrogen and oxygen atoms in total. The quantitative estimate of drug-likeness (QED) is 0.757. The highest BCUT2D eigenvalue weighted by Gasteiger charge is 2.12. The van der Waals surface area contributed by atoms with Crippen LogP contribution in [0, 0.1) is 6.92 Å². The minimum absolute atomic E-state index is 0.0464. The Morgan fingerprint density at radius 3 is 2.57 bits per heavy atom. The molecule has 0 fully saturated rings. The van der Waals surface area contributed by atoms with Crippen molar-refractivity contribution in [2.45, 2.75) is 13.8 Å². The second-order valence-corrected chi connectivity index (χ2v) is 3.40. The van der Waals surface area contributed by atoms with Crippen LogP contribution in [0.2, 0.25) is 0 Å². The topological polar surface area (TPSA) is 20.3 Å². The van der Waals surface area contributed by atoms with Gasteiger partial charge in [-0.05, 0) is 25.5 Å². The fourth-order valence-corrected chi connectivity index (χ4v) is 1.60. The molecule has 76 valence electrons. The van der Waals surface area contributed by atoms with Crippen LogP contribution in [-0.4, -0.2) is 18.2 Å². The van der Waals surface area contributed by atoms with Crippen LogP contribution >= 0.6 is 12.6 Å². The molecule has 0 aromatic heterocycles. The fourth-order valence-electron chi connectivity index (χ4n) is 1.43. The van der Waals surface area contributed by atoms with Crippen LogP contribution in [-0.2, 0) is 4.79 Å². The number of para-hydroxylation sites is 1. The second kappa shape index (κ2) is 5.05. The third-order valence-corrected chi connectivity index (χ3v) is 2.43. The zero-order valence-corrected chi connectivity index (χ0v) is 9.42. The number of nitrogens with zero attached hydrogens (tertiary/aromatic N) is 1. The molecule has 0 aliphatic rings. The number of carbonyl (C=O) groups excluding carboxylic acids is 1. The van der Waals surface area contributed by atoms with Crippen LogP contribution in [0.1, 0.15) is 12.5 Å². The van der Waals surface area contributed by atoms with E-state index in [1.807, 2.05) is 38.1 Å². The molecule has 14 heavy (non-hydrogen) atoms. The van der Waals surface area contributed by atoms with Gasteiger partial charge in [0.1, 0.15) is 0 Å². The van der Waals surface area contributed by atoms with Crippen molar-refractivity contribution in [2.75, 3.05) is 17.2 Å². The Labute approximate surface area is 90.3 Å². The van der Waals surface area contributed by atoms with Gasteiger partial charge in [-0.1, -0.05) is 18.2 Å². The summed E-state index contributed by atoms with van der Waals surface area (Å²) in [5.74, 6) is 0.299. The number of hydrogen-bond donors (Lipinski definition) is 1. The Balaban J connectivity index is 3.01. The second-order valence-electron chi connectivity index (χ2n) is 3.08. The lowest BCUT2D eigenvalue weighted by molar-refractivity contribution is -0.116. The first-order chi connectivity index (χ1) is 6.70. The van der Waals surface area contributed by atoms with Crippen molar-refractivity contribution in [1.29, 1.82) is 0 Å². The van der Waals surface area contributed by atoms with Gasteiger partial charge in [0.05, 0.1) is 5.75 Å². The molecular weight excluding hydrogens is 194 g/mol. The van der Waals surface area contributed by atoms with Gasteiger partial charge in [-0.3, -0.25) is 4.79 Å². The molecule has 0 aliphatic carbocycles. The van der Waals surface area contributed by atoms with Crippen LogP contribution in [0.25, 0.3) is 0 Å². The van der Waals surface area contributed by atoms with Gasteiger partial charge in [-0.25, -0.2) is 0 Å². The van der Waals surface area contributed by atoms with Gasteiger partial charge >= 0.3 is 0 Å². The van der Waals surface area contributed by atoms with Crippen LogP contribution in [0.3, 0.4) is 0 Å². The largest absolute Gasteiger partial charge is 0.312 e. The molecule has 0 radical (unpaired) electrons. The van der Waals surface area contributed by atoms with E-state index in [0.29, 0.717) is 6.54 Å². The molecule has 3 heteroatoms. The monoisotopic (exact) mass is 209 g/mol. The van der Waals surface area contributed by atoms with E-state index in [0.717, 1.165) is 11.3 Å². The Kier molecular flexibility index (Phi) is 4.01. The highest BCUT2D eigenvalue weighted by molar-refractivity contribution is 7.81. The third kappa shape index (κ3) is 2.29. The molecule has 0 bridgehead atoms. The first-order valence-corrected chi connectivity index (χ1v) is 5.30. The van der Waals surface area contributed by atoms with Gasteiger partial charge < -0.3 is 4.90 Å².